The molecule has 12 heteroatoms. The molecule has 3 heterocycles. The lowest BCUT2D eigenvalue weighted by Gasteiger charge is -2.35. The first kappa shape index (κ1) is 26.5. The third-order valence-corrected chi connectivity index (χ3v) is 6.39. The number of halogens is 4. The molecule has 0 bridgehead atoms. The normalized spacial score (nSPS) is 19.2. The second kappa shape index (κ2) is 9.73. The molecule has 4 rings (SSSR count). The zero-order valence-corrected chi connectivity index (χ0v) is 21.0. The number of ether oxygens (including phenoxy) is 1. The SMILES string of the molecule is Cc1nc2cc(C(F)(F)F)c([C@H](C)Nc3ncc(C(=O)N4C[C@@H](C)O[C@@H](C)C4)cc3F)cc2c(=O)n1C. The van der Waals surface area contributed by atoms with E-state index in [9.17, 15) is 27.2 Å². The molecule has 3 atom stereocenters. The number of pyridine rings is 1. The van der Waals surface area contributed by atoms with E-state index in [1.165, 1.54) is 31.7 Å². The van der Waals surface area contributed by atoms with E-state index in [1.54, 1.807) is 4.90 Å². The highest BCUT2D eigenvalue weighted by atomic mass is 19.4. The second-order valence-electron chi connectivity index (χ2n) is 9.37. The van der Waals surface area contributed by atoms with Crippen molar-refractivity contribution in [3.05, 3.63) is 63.1 Å². The summed E-state index contributed by atoms with van der Waals surface area (Å²) >= 11 is 0. The highest BCUT2D eigenvalue weighted by Crippen LogP contribution is 2.37. The number of amides is 1. The highest BCUT2D eigenvalue weighted by Gasteiger charge is 2.36. The lowest BCUT2D eigenvalue weighted by Crippen LogP contribution is -2.48. The number of nitrogens with one attached hydrogen (secondary N) is 1. The van der Waals surface area contributed by atoms with Gasteiger partial charge in [0.1, 0.15) is 5.82 Å². The van der Waals surface area contributed by atoms with Gasteiger partial charge in [0.2, 0.25) is 0 Å². The largest absolute Gasteiger partial charge is 0.416 e. The topological polar surface area (TPSA) is 89.4 Å². The van der Waals surface area contributed by atoms with Crippen molar-refractivity contribution in [2.45, 2.75) is 52.1 Å². The van der Waals surface area contributed by atoms with Crippen molar-refractivity contribution in [2.24, 2.45) is 7.05 Å². The number of carbonyl (C=O) groups excluding carboxylic acids is 1. The van der Waals surface area contributed by atoms with Gasteiger partial charge in [0, 0.05) is 26.3 Å². The Bertz CT molecular complexity index is 1410. The van der Waals surface area contributed by atoms with Gasteiger partial charge >= 0.3 is 6.18 Å². The van der Waals surface area contributed by atoms with Gasteiger partial charge in [0.05, 0.1) is 40.3 Å². The molecule has 1 aliphatic heterocycles. The number of nitrogens with zero attached hydrogens (tertiary/aromatic N) is 4. The van der Waals surface area contributed by atoms with Crippen LogP contribution in [-0.4, -0.2) is 50.6 Å². The maximum atomic E-state index is 15.0. The molecule has 0 radical (unpaired) electrons. The molecule has 37 heavy (non-hydrogen) atoms. The van der Waals surface area contributed by atoms with Crippen molar-refractivity contribution in [2.75, 3.05) is 18.4 Å². The Balaban J connectivity index is 1.65. The van der Waals surface area contributed by atoms with E-state index in [0.717, 1.165) is 18.2 Å². The van der Waals surface area contributed by atoms with Crippen LogP contribution in [0.5, 0.6) is 0 Å². The Kier molecular flexibility index (Phi) is 6.97. The summed E-state index contributed by atoms with van der Waals surface area (Å²) in [5, 5.41) is 2.66. The Morgan fingerprint density at radius 3 is 2.43 bits per heavy atom. The van der Waals surface area contributed by atoms with Gasteiger partial charge in [-0.25, -0.2) is 14.4 Å². The van der Waals surface area contributed by atoms with E-state index in [2.05, 4.69) is 15.3 Å². The number of morpholine rings is 1. The minimum absolute atomic E-state index is 0.00749. The maximum Gasteiger partial charge on any atom is 0.416 e. The molecule has 3 aromatic rings. The number of hydrogen-bond acceptors (Lipinski definition) is 6. The van der Waals surface area contributed by atoms with Crippen LogP contribution in [0.3, 0.4) is 0 Å². The Hall–Kier alpha value is -3.54. The molecule has 2 aromatic heterocycles. The van der Waals surface area contributed by atoms with Crippen molar-refractivity contribution < 1.29 is 27.1 Å². The van der Waals surface area contributed by atoms with Crippen LogP contribution >= 0.6 is 0 Å². The van der Waals surface area contributed by atoms with Gasteiger partial charge in [0.25, 0.3) is 11.5 Å². The molecule has 8 nitrogen and oxygen atoms in total. The molecular weight excluding hydrogens is 494 g/mol. The number of benzene rings is 1. The van der Waals surface area contributed by atoms with Crippen LogP contribution in [0.25, 0.3) is 10.9 Å². The molecule has 0 spiro atoms. The molecule has 0 aliphatic carbocycles. The zero-order chi connectivity index (χ0) is 27.2. The van der Waals surface area contributed by atoms with Gasteiger partial charge < -0.3 is 15.0 Å². The lowest BCUT2D eigenvalue weighted by molar-refractivity contribution is -0.138. The predicted molar refractivity (Wildman–Crippen MR) is 129 cm³/mol. The molecular formula is C25H27F4N5O3. The third kappa shape index (κ3) is 5.29. The van der Waals surface area contributed by atoms with Gasteiger partial charge in [-0.3, -0.25) is 14.2 Å². The Morgan fingerprint density at radius 2 is 1.84 bits per heavy atom. The zero-order valence-electron chi connectivity index (χ0n) is 21.0. The fourth-order valence-corrected chi connectivity index (χ4v) is 4.52. The number of rotatable bonds is 4. The van der Waals surface area contributed by atoms with Gasteiger partial charge in [-0.1, -0.05) is 0 Å². The molecule has 1 aliphatic rings. The monoisotopic (exact) mass is 521 g/mol. The van der Waals surface area contributed by atoms with Crippen molar-refractivity contribution >= 4 is 22.6 Å². The van der Waals surface area contributed by atoms with E-state index in [1.807, 2.05) is 13.8 Å². The average molecular weight is 522 g/mol. The quantitative estimate of drug-likeness (QED) is 0.518. The molecule has 1 amide bonds. The number of hydrogen-bond donors (Lipinski definition) is 1. The summed E-state index contributed by atoms with van der Waals surface area (Å²) in [5.41, 5.74) is -1.82. The fourth-order valence-electron chi connectivity index (χ4n) is 4.52. The first-order valence-corrected chi connectivity index (χ1v) is 11.7. The summed E-state index contributed by atoms with van der Waals surface area (Å²) in [5.74, 6) is -1.36. The number of alkyl halides is 3. The van der Waals surface area contributed by atoms with Crippen LogP contribution < -0.4 is 10.9 Å². The van der Waals surface area contributed by atoms with Gasteiger partial charge in [-0.2, -0.15) is 13.2 Å². The van der Waals surface area contributed by atoms with E-state index in [4.69, 9.17) is 4.74 Å². The molecule has 1 saturated heterocycles. The van der Waals surface area contributed by atoms with E-state index in [-0.39, 0.29) is 45.9 Å². The molecule has 0 saturated carbocycles. The minimum atomic E-state index is -4.75. The summed E-state index contributed by atoms with van der Waals surface area (Å²) in [6.07, 6.45) is -3.91. The van der Waals surface area contributed by atoms with Gasteiger partial charge in [-0.05, 0) is 51.5 Å². The number of fused-ring (bicyclic) bond motifs is 1. The van der Waals surface area contributed by atoms with E-state index >= 15 is 0 Å². The second-order valence-corrected chi connectivity index (χ2v) is 9.37. The van der Waals surface area contributed by atoms with Crippen LogP contribution in [0.2, 0.25) is 0 Å². The predicted octanol–water partition coefficient (Wildman–Crippen LogP) is 4.22. The first-order chi connectivity index (χ1) is 17.3. The standard InChI is InChI=1S/C25H27F4N5O3/c1-12-10-34(11-13(2)37-12)23(35)16-6-20(26)22(30-9-16)31-14(3)17-7-18-21(8-19(17)25(27,28)29)32-15(4)33(5)24(18)36/h6-9,12-14H,10-11H2,1-5H3,(H,30,31)/t12-,13+,14-/m0/s1. The van der Waals surface area contributed by atoms with Crippen molar-refractivity contribution in [3.63, 3.8) is 0 Å². The molecule has 198 valence electrons. The van der Waals surface area contributed by atoms with E-state index < -0.39 is 35.1 Å². The summed E-state index contributed by atoms with van der Waals surface area (Å²) in [6, 6.07) is 1.87. The van der Waals surface area contributed by atoms with Crippen LogP contribution in [0.4, 0.5) is 23.4 Å². The molecule has 1 N–H and O–H groups in total. The van der Waals surface area contributed by atoms with Crippen LogP contribution in [0.1, 0.15) is 54.1 Å². The van der Waals surface area contributed by atoms with Crippen molar-refractivity contribution in [1.29, 1.82) is 0 Å². The number of aromatic nitrogens is 3. The molecule has 1 aromatic carbocycles. The number of carbonyl (C=O) groups is 1. The minimum Gasteiger partial charge on any atom is -0.372 e. The highest BCUT2D eigenvalue weighted by molar-refractivity contribution is 5.94. The third-order valence-electron chi connectivity index (χ3n) is 6.39. The van der Waals surface area contributed by atoms with Gasteiger partial charge in [-0.15, -0.1) is 0 Å². The van der Waals surface area contributed by atoms with Crippen LogP contribution in [0.15, 0.2) is 29.2 Å². The number of aryl methyl sites for hydroxylation is 1. The van der Waals surface area contributed by atoms with E-state index in [0.29, 0.717) is 13.1 Å². The lowest BCUT2D eigenvalue weighted by atomic mass is 9.98. The smallest absolute Gasteiger partial charge is 0.372 e. The summed E-state index contributed by atoms with van der Waals surface area (Å²) in [4.78, 5) is 35.1. The molecule has 1 fully saturated rings. The van der Waals surface area contributed by atoms with Crippen molar-refractivity contribution in [1.82, 2.24) is 19.4 Å². The maximum absolute atomic E-state index is 15.0. The summed E-state index contributed by atoms with van der Waals surface area (Å²) in [6.45, 7) is 7.28. The Morgan fingerprint density at radius 1 is 1.19 bits per heavy atom. The van der Waals surface area contributed by atoms with Gasteiger partial charge in [0.15, 0.2) is 11.6 Å². The average Bonchev–Trinajstić information content (AvgIpc) is 2.81. The molecule has 0 unspecified atom stereocenters. The Labute approximate surface area is 210 Å². The first-order valence-electron chi connectivity index (χ1n) is 11.7. The summed E-state index contributed by atoms with van der Waals surface area (Å²) in [7, 11) is 1.48. The van der Waals surface area contributed by atoms with Crippen molar-refractivity contribution in [3.8, 4) is 0 Å². The van der Waals surface area contributed by atoms with Crippen LogP contribution in [-0.2, 0) is 18.0 Å². The number of anilines is 1. The summed E-state index contributed by atoms with van der Waals surface area (Å²) < 4.78 is 63.6. The van der Waals surface area contributed by atoms with Crippen LogP contribution in [0, 0.1) is 12.7 Å². The fraction of sp³-hybridized carbons (Fsp3) is 0.440.